The number of para-hydroxylation sites is 2. The molecule has 0 fully saturated rings. The number of aromatic nitrogens is 2. The number of esters is 1. The highest BCUT2D eigenvalue weighted by atomic mass is 16.5. The van der Waals surface area contributed by atoms with E-state index in [1.807, 2.05) is 72.8 Å². The van der Waals surface area contributed by atoms with Crippen molar-refractivity contribution in [1.29, 1.82) is 0 Å². The summed E-state index contributed by atoms with van der Waals surface area (Å²) in [5, 5.41) is 0. The Balaban J connectivity index is 1.80. The van der Waals surface area contributed by atoms with Crippen molar-refractivity contribution in [3.05, 3.63) is 103 Å². The van der Waals surface area contributed by atoms with Crippen molar-refractivity contribution in [3.63, 3.8) is 0 Å². The Kier molecular flexibility index (Phi) is 8.13. The molecule has 0 bridgehead atoms. The Hall–Kier alpha value is -4.39. The van der Waals surface area contributed by atoms with Crippen LogP contribution in [0.4, 0.5) is 17.2 Å². The highest BCUT2D eigenvalue weighted by Gasteiger charge is 2.27. The van der Waals surface area contributed by atoms with Crippen molar-refractivity contribution < 1.29 is 19.0 Å². The van der Waals surface area contributed by atoms with Crippen molar-refractivity contribution in [2.45, 2.75) is 19.3 Å². The first kappa shape index (κ1) is 24.7. The van der Waals surface area contributed by atoms with E-state index >= 15 is 0 Å². The topological polar surface area (TPSA) is 73.8 Å². The van der Waals surface area contributed by atoms with Gasteiger partial charge in [-0.05, 0) is 55.3 Å². The van der Waals surface area contributed by atoms with Gasteiger partial charge < -0.3 is 14.2 Å². The molecule has 0 saturated carbocycles. The molecule has 0 amide bonds. The minimum absolute atomic E-state index is 0.279. The van der Waals surface area contributed by atoms with Crippen LogP contribution in [0.5, 0.6) is 11.5 Å². The van der Waals surface area contributed by atoms with E-state index < -0.39 is 5.92 Å². The van der Waals surface area contributed by atoms with Crippen LogP contribution in [0, 0.1) is 0 Å². The summed E-state index contributed by atoms with van der Waals surface area (Å²) in [7, 11) is 3.15. The minimum Gasteiger partial charge on any atom is -0.493 e. The zero-order chi connectivity index (χ0) is 25.3. The highest BCUT2D eigenvalue weighted by Crippen LogP contribution is 2.38. The number of anilines is 3. The van der Waals surface area contributed by atoms with Crippen molar-refractivity contribution in [3.8, 4) is 11.5 Å². The average molecular weight is 484 g/mol. The zero-order valence-electron chi connectivity index (χ0n) is 20.6. The summed E-state index contributed by atoms with van der Waals surface area (Å²) in [6.07, 6.45) is 3.61. The van der Waals surface area contributed by atoms with Gasteiger partial charge in [-0.25, -0.2) is 9.97 Å². The molecule has 36 heavy (non-hydrogen) atoms. The number of nitrogens with zero attached hydrogens (tertiary/aromatic N) is 3. The van der Waals surface area contributed by atoms with Crippen LogP contribution < -0.4 is 14.4 Å². The number of rotatable bonds is 10. The zero-order valence-corrected chi connectivity index (χ0v) is 20.6. The van der Waals surface area contributed by atoms with E-state index in [1.165, 1.54) is 6.33 Å². The monoisotopic (exact) mass is 483 g/mol. The summed E-state index contributed by atoms with van der Waals surface area (Å²) in [4.78, 5) is 24.2. The Morgan fingerprint density at radius 2 is 1.53 bits per heavy atom. The Morgan fingerprint density at radius 1 is 0.889 bits per heavy atom. The normalized spacial score (nSPS) is 11.4. The molecular formula is C29H29N3O4. The van der Waals surface area contributed by atoms with E-state index in [4.69, 9.17) is 14.2 Å². The number of hydrogen-bond acceptors (Lipinski definition) is 7. The van der Waals surface area contributed by atoms with E-state index in [-0.39, 0.29) is 12.6 Å². The lowest BCUT2D eigenvalue weighted by atomic mass is 9.92. The molecule has 1 atom stereocenters. The highest BCUT2D eigenvalue weighted by molar-refractivity contribution is 5.80. The number of methoxy groups -OCH3 is 2. The van der Waals surface area contributed by atoms with Gasteiger partial charge in [0.05, 0.1) is 26.7 Å². The van der Waals surface area contributed by atoms with Crippen molar-refractivity contribution in [2.75, 3.05) is 25.7 Å². The predicted octanol–water partition coefficient (Wildman–Crippen LogP) is 5.85. The van der Waals surface area contributed by atoms with Crippen molar-refractivity contribution in [2.24, 2.45) is 0 Å². The van der Waals surface area contributed by atoms with Gasteiger partial charge in [-0.3, -0.25) is 9.69 Å². The van der Waals surface area contributed by atoms with Crippen LogP contribution in [-0.4, -0.2) is 36.8 Å². The van der Waals surface area contributed by atoms with Crippen LogP contribution >= 0.6 is 0 Å². The lowest BCUT2D eigenvalue weighted by molar-refractivity contribution is -0.144. The van der Waals surface area contributed by atoms with Gasteiger partial charge in [-0.15, -0.1) is 0 Å². The maximum absolute atomic E-state index is 13.2. The standard InChI is InChI=1S/C29H29N3O4/c1-4-36-29(33)25(21-15-16-26(34-2)27(18-21)35-3)17-22-19-30-20-31-28(22)32(23-11-7-5-8-12-23)24-13-9-6-10-14-24/h5-16,18-20,25H,4,17H2,1-3H3. The van der Waals surface area contributed by atoms with Crippen LogP contribution in [-0.2, 0) is 16.0 Å². The molecule has 1 heterocycles. The van der Waals surface area contributed by atoms with Crippen LogP contribution in [0.15, 0.2) is 91.4 Å². The van der Waals surface area contributed by atoms with Gasteiger partial charge in [0.1, 0.15) is 12.1 Å². The summed E-state index contributed by atoms with van der Waals surface area (Å²) in [5.41, 5.74) is 3.45. The first-order valence-corrected chi connectivity index (χ1v) is 11.7. The van der Waals surface area contributed by atoms with E-state index in [1.54, 1.807) is 33.4 Å². The van der Waals surface area contributed by atoms with Gasteiger partial charge >= 0.3 is 5.97 Å². The van der Waals surface area contributed by atoms with Crippen molar-refractivity contribution in [1.82, 2.24) is 9.97 Å². The molecule has 4 aromatic rings. The summed E-state index contributed by atoms with van der Waals surface area (Å²) in [6, 6.07) is 25.4. The molecule has 0 aliphatic rings. The molecule has 0 aliphatic carbocycles. The van der Waals surface area contributed by atoms with E-state index in [9.17, 15) is 4.79 Å². The Morgan fingerprint density at radius 3 is 2.11 bits per heavy atom. The van der Waals surface area contributed by atoms with Gasteiger partial charge in [-0.2, -0.15) is 0 Å². The van der Waals surface area contributed by atoms with Gasteiger partial charge in [0, 0.05) is 23.1 Å². The third kappa shape index (κ3) is 5.46. The average Bonchev–Trinajstić information content (AvgIpc) is 2.93. The molecular weight excluding hydrogens is 454 g/mol. The van der Waals surface area contributed by atoms with E-state index in [2.05, 4.69) is 14.9 Å². The molecule has 1 unspecified atom stereocenters. The SMILES string of the molecule is CCOC(=O)C(Cc1cncnc1N(c1ccccc1)c1ccccc1)c1ccc(OC)c(OC)c1. The second kappa shape index (κ2) is 11.8. The molecule has 0 N–H and O–H groups in total. The lowest BCUT2D eigenvalue weighted by Crippen LogP contribution is -2.21. The number of carbonyl (C=O) groups excluding carboxylic acids is 1. The number of carbonyl (C=O) groups is 1. The molecule has 3 aromatic carbocycles. The third-order valence-electron chi connectivity index (χ3n) is 5.81. The lowest BCUT2D eigenvalue weighted by Gasteiger charge is -2.27. The smallest absolute Gasteiger partial charge is 0.313 e. The molecule has 7 heteroatoms. The first-order chi connectivity index (χ1) is 17.7. The van der Waals surface area contributed by atoms with E-state index in [0.717, 1.165) is 22.5 Å². The quantitative estimate of drug-likeness (QED) is 0.262. The van der Waals surface area contributed by atoms with Crippen LogP contribution in [0.1, 0.15) is 24.0 Å². The maximum Gasteiger partial charge on any atom is 0.313 e. The number of ether oxygens (including phenoxy) is 3. The fourth-order valence-corrected chi connectivity index (χ4v) is 4.11. The molecule has 7 nitrogen and oxygen atoms in total. The third-order valence-corrected chi connectivity index (χ3v) is 5.81. The predicted molar refractivity (Wildman–Crippen MR) is 139 cm³/mol. The molecule has 0 spiro atoms. The van der Waals surface area contributed by atoms with Gasteiger partial charge in [0.15, 0.2) is 11.5 Å². The Bertz CT molecular complexity index is 1240. The van der Waals surface area contributed by atoms with E-state index in [0.29, 0.717) is 23.7 Å². The molecule has 0 radical (unpaired) electrons. The fraction of sp³-hybridized carbons (Fsp3) is 0.207. The number of hydrogen-bond donors (Lipinski definition) is 0. The second-order valence-electron chi connectivity index (χ2n) is 8.00. The summed E-state index contributed by atoms with van der Waals surface area (Å²) >= 11 is 0. The van der Waals surface area contributed by atoms with Crippen LogP contribution in [0.25, 0.3) is 0 Å². The first-order valence-electron chi connectivity index (χ1n) is 11.7. The molecule has 0 saturated heterocycles. The summed E-state index contributed by atoms with van der Waals surface area (Å²) < 4.78 is 16.3. The fourth-order valence-electron chi connectivity index (χ4n) is 4.11. The molecule has 1 aromatic heterocycles. The molecule has 184 valence electrons. The summed E-state index contributed by atoms with van der Waals surface area (Å²) in [6.45, 7) is 2.08. The minimum atomic E-state index is -0.595. The largest absolute Gasteiger partial charge is 0.493 e. The van der Waals surface area contributed by atoms with Gasteiger partial charge in [-0.1, -0.05) is 42.5 Å². The molecule has 0 aliphatic heterocycles. The van der Waals surface area contributed by atoms with Gasteiger partial charge in [0.2, 0.25) is 0 Å². The second-order valence-corrected chi connectivity index (χ2v) is 8.00. The van der Waals surface area contributed by atoms with Crippen LogP contribution in [0.2, 0.25) is 0 Å². The van der Waals surface area contributed by atoms with Crippen LogP contribution in [0.3, 0.4) is 0 Å². The van der Waals surface area contributed by atoms with Crippen molar-refractivity contribution >= 4 is 23.2 Å². The van der Waals surface area contributed by atoms with Gasteiger partial charge in [0.25, 0.3) is 0 Å². The summed E-state index contributed by atoms with van der Waals surface area (Å²) in [5.74, 6) is 0.904. The molecule has 4 rings (SSSR count). The number of benzene rings is 3. The Labute approximate surface area is 211 Å². The maximum atomic E-state index is 13.2.